The van der Waals surface area contributed by atoms with Crippen LogP contribution in [0.4, 0.5) is 0 Å². The van der Waals surface area contributed by atoms with Crippen molar-refractivity contribution >= 4 is 5.97 Å². The smallest absolute Gasteiger partial charge is 0.334 e. The Kier molecular flexibility index (Phi) is 4.65. The topological polar surface area (TPSA) is 59.1 Å². The summed E-state index contributed by atoms with van der Waals surface area (Å²) in [5.41, 5.74) is 0.915. The Labute approximate surface area is 144 Å². The first-order valence-corrected chi connectivity index (χ1v) is 9.17. The number of allylic oxidation sites excluding steroid dienone is 2. The van der Waals surface area contributed by atoms with E-state index in [0.29, 0.717) is 18.4 Å². The van der Waals surface area contributed by atoms with Crippen molar-refractivity contribution in [1.29, 1.82) is 0 Å². The first-order chi connectivity index (χ1) is 11.2. The van der Waals surface area contributed by atoms with Crippen LogP contribution in [0.5, 0.6) is 0 Å². The molecule has 24 heavy (non-hydrogen) atoms. The van der Waals surface area contributed by atoms with Crippen LogP contribution in [-0.2, 0) is 14.3 Å². The van der Waals surface area contributed by atoms with Gasteiger partial charge in [-0.3, -0.25) is 0 Å². The molecule has 0 amide bonds. The number of carbonyl (C=O) groups excluding carboxylic acids is 1. The van der Waals surface area contributed by atoms with Gasteiger partial charge in [-0.25, -0.2) is 4.79 Å². The predicted octanol–water partition coefficient (Wildman–Crippen LogP) is 3.68. The monoisotopic (exact) mass is 334 g/mol. The molecule has 2 fully saturated rings. The van der Waals surface area contributed by atoms with Gasteiger partial charge in [0.05, 0.1) is 17.8 Å². The minimum atomic E-state index is -0.827. The minimum Gasteiger partial charge on any atom is -0.453 e. The molecule has 3 rings (SSSR count). The molecule has 4 nitrogen and oxygen atoms in total. The van der Waals surface area contributed by atoms with Crippen LogP contribution in [0.3, 0.4) is 0 Å². The van der Waals surface area contributed by atoms with Crippen LogP contribution in [0.25, 0.3) is 0 Å². The van der Waals surface area contributed by atoms with Crippen molar-refractivity contribution in [2.45, 2.75) is 89.1 Å². The fourth-order valence-electron chi connectivity index (χ4n) is 4.07. The minimum absolute atomic E-state index is 0.0692. The number of epoxide rings is 1. The molecular formula is C20H30O4. The van der Waals surface area contributed by atoms with E-state index in [1.54, 1.807) is 0 Å². The lowest BCUT2D eigenvalue weighted by Crippen LogP contribution is -2.43. The Bertz CT molecular complexity index is 566. The molecule has 134 valence electrons. The van der Waals surface area contributed by atoms with Crippen molar-refractivity contribution in [3.05, 3.63) is 23.8 Å². The van der Waals surface area contributed by atoms with E-state index in [4.69, 9.17) is 9.47 Å². The number of rotatable bonds is 0. The number of carbonyl (C=O) groups is 1. The van der Waals surface area contributed by atoms with E-state index in [1.807, 2.05) is 6.92 Å². The van der Waals surface area contributed by atoms with Gasteiger partial charge < -0.3 is 14.6 Å². The van der Waals surface area contributed by atoms with Crippen LogP contribution in [-0.4, -0.2) is 34.5 Å². The van der Waals surface area contributed by atoms with Crippen molar-refractivity contribution < 1.29 is 19.4 Å². The van der Waals surface area contributed by atoms with E-state index in [1.165, 1.54) is 5.57 Å². The largest absolute Gasteiger partial charge is 0.453 e. The van der Waals surface area contributed by atoms with Crippen molar-refractivity contribution in [3.8, 4) is 0 Å². The van der Waals surface area contributed by atoms with Crippen LogP contribution >= 0.6 is 0 Å². The lowest BCUT2D eigenvalue weighted by Gasteiger charge is -2.33. The number of hydrogen-bond donors (Lipinski definition) is 1. The Morgan fingerprint density at radius 2 is 2.00 bits per heavy atom. The first kappa shape index (κ1) is 17.7. The Balaban J connectivity index is 1.85. The van der Waals surface area contributed by atoms with Gasteiger partial charge in [-0.15, -0.1) is 0 Å². The molecule has 0 unspecified atom stereocenters. The van der Waals surface area contributed by atoms with Crippen LogP contribution < -0.4 is 0 Å². The molecule has 0 radical (unpaired) electrons. The summed E-state index contributed by atoms with van der Waals surface area (Å²) in [5, 5.41) is 10.7. The fraction of sp³-hybridized carbons (Fsp3) is 0.750. The lowest BCUT2D eigenvalue weighted by molar-refractivity contribution is -0.165. The summed E-state index contributed by atoms with van der Waals surface area (Å²) in [6, 6.07) is 0. The third-order valence-electron chi connectivity index (χ3n) is 6.25. The van der Waals surface area contributed by atoms with E-state index in [-0.39, 0.29) is 23.6 Å². The highest BCUT2D eigenvalue weighted by molar-refractivity contribution is 5.89. The summed E-state index contributed by atoms with van der Waals surface area (Å²) in [6.07, 6.45) is 7.51. The van der Waals surface area contributed by atoms with Crippen molar-refractivity contribution in [2.24, 2.45) is 5.92 Å². The Morgan fingerprint density at radius 3 is 2.75 bits per heavy atom. The van der Waals surface area contributed by atoms with Gasteiger partial charge in [0.25, 0.3) is 0 Å². The predicted molar refractivity (Wildman–Crippen MR) is 92.5 cm³/mol. The van der Waals surface area contributed by atoms with Crippen molar-refractivity contribution in [1.82, 2.24) is 0 Å². The molecule has 5 atom stereocenters. The molecule has 2 bridgehead atoms. The molecular weight excluding hydrogens is 304 g/mol. The van der Waals surface area contributed by atoms with Crippen LogP contribution in [0.2, 0.25) is 0 Å². The van der Waals surface area contributed by atoms with E-state index in [9.17, 15) is 9.90 Å². The van der Waals surface area contributed by atoms with Gasteiger partial charge in [0.2, 0.25) is 0 Å². The van der Waals surface area contributed by atoms with Gasteiger partial charge in [0.1, 0.15) is 5.60 Å². The molecule has 4 heteroatoms. The zero-order chi connectivity index (χ0) is 17.5. The van der Waals surface area contributed by atoms with E-state index >= 15 is 0 Å². The molecule has 1 N–H and O–H groups in total. The van der Waals surface area contributed by atoms with E-state index < -0.39 is 11.7 Å². The normalized spacial score (nSPS) is 46.2. The maximum absolute atomic E-state index is 12.4. The molecule has 2 saturated heterocycles. The van der Waals surface area contributed by atoms with E-state index in [2.05, 4.69) is 26.5 Å². The summed E-state index contributed by atoms with van der Waals surface area (Å²) in [5.74, 6) is -0.276. The number of esters is 1. The molecule has 3 aliphatic rings. The number of ether oxygens (including phenoxy) is 2. The highest BCUT2D eigenvalue weighted by atomic mass is 16.6. The molecule has 2 heterocycles. The molecule has 2 aliphatic heterocycles. The van der Waals surface area contributed by atoms with E-state index in [0.717, 1.165) is 32.1 Å². The number of fused-ring (bicyclic) bond motifs is 4. The van der Waals surface area contributed by atoms with Crippen LogP contribution in [0.1, 0.15) is 65.7 Å². The van der Waals surface area contributed by atoms with Gasteiger partial charge >= 0.3 is 5.97 Å². The Hall–Kier alpha value is -1.13. The number of hydrogen-bond acceptors (Lipinski definition) is 4. The average Bonchev–Trinajstić information content (AvgIpc) is 3.18. The lowest BCUT2D eigenvalue weighted by atomic mass is 9.82. The molecule has 0 aromatic rings. The Morgan fingerprint density at radius 1 is 1.25 bits per heavy atom. The molecule has 1 aliphatic carbocycles. The molecule has 0 spiro atoms. The zero-order valence-corrected chi connectivity index (χ0v) is 15.1. The highest BCUT2D eigenvalue weighted by Crippen LogP contribution is 2.47. The standard InChI is InChI=1S/C20H30O4/c1-13-6-5-10-20(4)17(23-20)12-15-9-11-19(3,16(21)8-7-13)24-18(22)14(15)2/h6,15-17,21H,2,5,7-12H2,1,3-4H3/b13-6+/t15-,16+,17-,19+,20-/m0/s1. The third-order valence-corrected chi connectivity index (χ3v) is 6.25. The average molecular weight is 334 g/mol. The number of aliphatic hydroxyl groups excluding tert-OH is 1. The van der Waals surface area contributed by atoms with Gasteiger partial charge in [0.15, 0.2) is 0 Å². The molecule has 0 aromatic heterocycles. The second kappa shape index (κ2) is 6.30. The zero-order valence-electron chi connectivity index (χ0n) is 15.1. The summed E-state index contributed by atoms with van der Waals surface area (Å²) >= 11 is 0. The SMILES string of the molecule is C=C1C(=O)O[C@]2(C)CC[C@H]1C[C@@H]1O[C@@]1(C)CC/C=C(\C)CC[C@H]2O. The van der Waals surface area contributed by atoms with Crippen molar-refractivity contribution in [2.75, 3.05) is 0 Å². The first-order valence-electron chi connectivity index (χ1n) is 9.17. The fourth-order valence-corrected chi connectivity index (χ4v) is 4.07. The number of aliphatic hydroxyl groups is 1. The highest BCUT2D eigenvalue weighted by Gasteiger charge is 2.53. The van der Waals surface area contributed by atoms with Crippen molar-refractivity contribution in [3.63, 3.8) is 0 Å². The third kappa shape index (κ3) is 3.45. The maximum atomic E-state index is 12.4. The summed E-state index contributed by atoms with van der Waals surface area (Å²) < 4.78 is 11.7. The van der Waals surface area contributed by atoms with Gasteiger partial charge in [-0.05, 0) is 71.6 Å². The summed E-state index contributed by atoms with van der Waals surface area (Å²) in [6.45, 7) is 10.1. The second-order valence-electron chi connectivity index (χ2n) is 8.26. The van der Waals surface area contributed by atoms with Gasteiger partial charge in [-0.1, -0.05) is 18.2 Å². The quantitative estimate of drug-likeness (QED) is 0.318. The maximum Gasteiger partial charge on any atom is 0.334 e. The summed E-state index contributed by atoms with van der Waals surface area (Å²) in [4.78, 5) is 12.4. The van der Waals surface area contributed by atoms with Crippen LogP contribution in [0.15, 0.2) is 23.8 Å². The summed E-state index contributed by atoms with van der Waals surface area (Å²) in [7, 11) is 0. The second-order valence-corrected chi connectivity index (χ2v) is 8.26. The molecule has 0 saturated carbocycles. The molecule has 0 aromatic carbocycles. The van der Waals surface area contributed by atoms with Gasteiger partial charge in [-0.2, -0.15) is 0 Å². The van der Waals surface area contributed by atoms with Crippen LogP contribution in [0, 0.1) is 5.92 Å². The van der Waals surface area contributed by atoms with Gasteiger partial charge in [0, 0.05) is 5.57 Å².